The highest BCUT2D eigenvalue weighted by molar-refractivity contribution is 7.87. The Labute approximate surface area is 200 Å². The van der Waals surface area contributed by atoms with Crippen molar-refractivity contribution in [2.45, 2.75) is 44.0 Å². The summed E-state index contributed by atoms with van der Waals surface area (Å²) in [5, 5.41) is 2.72. The molecule has 0 aliphatic heterocycles. The molecule has 0 aliphatic rings. The second kappa shape index (κ2) is 11.2. The summed E-state index contributed by atoms with van der Waals surface area (Å²) in [6.07, 6.45) is -1.14. The minimum Gasteiger partial charge on any atom is -0.444 e. The zero-order valence-electron chi connectivity index (χ0n) is 19.4. The number of carbonyl (C=O) groups excluding carboxylic acids is 1. The molecule has 8 heteroatoms. The molecule has 3 aromatic rings. The number of alkyl carbamates (subject to hydrolysis) is 1. The van der Waals surface area contributed by atoms with Crippen molar-refractivity contribution < 1.29 is 26.9 Å². The summed E-state index contributed by atoms with van der Waals surface area (Å²) in [6.45, 7) is 5.77. The maximum Gasteiger partial charge on any atom is 0.407 e. The second-order valence-electron chi connectivity index (χ2n) is 8.59. The van der Waals surface area contributed by atoms with Crippen LogP contribution in [0.5, 0.6) is 5.75 Å². The van der Waals surface area contributed by atoms with Gasteiger partial charge in [-0.15, -0.1) is 0 Å². The fourth-order valence-corrected chi connectivity index (χ4v) is 4.01. The summed E-state index contributed by atoms with van der Waals surface area (Å²) >= 11 is 0. The smallest absolute Gasteiger partial charge is 0.407 e. The van der Waals surface area contributed by atoms with Gasteiger partial charge in [-0.05, 0) is 56.2 Å². The third-order valence-corrected chi connectivity index (χ3v) is 5.85. The highest BCUT2D eigenvalue weighted by Gasteiger charge is 2.21. The van der Waals surface area contributed by atoms with Crippen molar-refractivity contribution in [2.24, 2.45) is 0 Å². The highest BCUT2D eigenvalue weighted by Crippen LogP contribution is 2.25. The third kappa shape index (κ3) is 7.90. The Hall–Kier alpha value is -3.36. The zero-order valence-corrected chi connectivity index (χ0v) is 20.2. The van der Waals surface area contributed by atoms with E-state index in [9.17, 15) is 13.2 Å². The van der Waals surface area contributed by atoms with Gasteiger partial charge in [0, 0.05) is 0 Å². The number of carbonyl (C=O) groups is 1. The van der Waals surface area contributed by atoms with Crippen LogP contribution in [0.3, 0.4) is 0 Å². The van der Waals surface area contributed by atoms with E-state index >= 15 is 0 Å². The molecule has 1 amide bonds. The summed E-state index contributed by atoms with van der Waals surface area (Å²) in [6, 6.07) is 24.1. The lowest BCUT2D eigenvalue weighted by Gasteiger charge is -2.23. The first-order chi connectivity index (χ1) is 16.1. The highest BCUT2D eigenvalue weighted by atomic mass is 32.2. The van der Waals surface area contributed by atoms with E-state index < -0.39 is 27.9 Å². The molecule has 0 saturated carbocycles. The molecule has 3 aromatic carbocycles. The van der Waals surface area contributed by atoms with E-state index in [-0.39, 0.29) is 17.2 Å². The van der Waals surface area contributed by atoms with Crippen molar-refractivity contribution in [3.63, 3.8) is 0 Å². The summed E-state index contributed by atoms with van der Waals surface area (Å²) in [7, 11) is -3.99. The lowest BCUT2D eigenvalue weighted by Crippen LogP contribution is -2.35. The van der Waals surface area contributed by atoms with Gasteiger partial charge in [0.25, 0.3) is 0 Å². The van der Waals surface area contributed by atoms with E-state index in [1.54, 1.807) is 63.2 Å². The van der Waals surface area contributed by atoms with Crippen molar-refractivity contribution in [1.82, 2.24) is 5.32 Å². The predicted molar refractivity (Wildman–Crippen MR) is 129 cm³/mol. The van der Waals surface area contributed by atoms with E-state index in [2.05, 4.69) is 5.32 Å². The van der Waals surface area contributed by atoms with Crippen LogP contribution in [-0.2, 0) is 26.2 Å². The average Bonchev–Trinajstić information content (AvgIpc) is 2.79. The molecule has 1 unspecified atom stereocenters. The molecule has 34 heavy (non-hydrogen) atoms. The van der Waals surface area contributed by atoms with E-state index in [4.69, 9.17) is 13.7 Å². The monoisotopic (exact) mass is 483 g/mol. The molecule has 3 rings (SSSR count). The van der Waals surface area contributed by atoms with Crippen molar-refractivity contribution in [3.05, 3.63) is 96.1 Å². The van der Waals surface area contributed by atoms with Gasteiger partial charge in [0.2, 0.25) is 0 Å². The van der Waals surface area contributed by atoms with Crippen LogP contribution in [0.1, 0.15) is 38.0 Å². The topological polar surface area (TPSA) is 90.9 Å². The van der Waals surface area contributed by atoms with Crippen LogP contribution < -0.4 is 9.50 Å². The van der Waals surface area contributed by atoms with Gasteiger partial charge in [-0.2, -0.15) is 8.42 Å². The molecule has 180 valence electrons. The molecule has 0 radical (unpaired) electrons. The minimum atomic E-state index is -3.99. The quantitative estimate of drug-likeness (QED) is 0.419. The van der Waals surface area contributed by atoms with E-state index in [0.717, 1.165) is 5.56 Å². The Morgan fingerprint density at radius 1 is 0.912 bits per heavy atom. The van der Waals surface area contributed by atoms with E-state index in [0.29, 0.717) is 12.2 Å². The molecule has 0 heterocycles. The Morgan fingerprint density at radius 3 is 2.21 bits per heavy atom. The zero-order chi connectivity index (χ0) is 24.6. The van der Waals surface area contributed by atoms with Crippen LogP contribution in [0, 0.1) is 0 Å². The largest absolute Gasteiger partial charge is 0.444 e. The fraction of sp³-hybridized carbons (Fsp3) is 0.269. The summed E-state index contributed by atoms with van der Waals surface area (Å²) < 4.78 is 42.0. The van der Waals surface area contributed by atoms with Gasteiger partial charge in [-0.1, -0.05) is 60.7 Å². The molecule has 0 fully saturated rings. The normalized spacial score (nSPS) is 12.6. The van der Waals surface area contributed by atoms with Gasteiger partial charge < -0.3 is 19.0 Å². The Bertz CT molecular complexity index is 1170. The lowest BCUT2D eigenvalue weighted by atomic mass is 10.1. The van der Waals surface area contributed by atoms with Crippen LogP contribution in [-0.4, -0.2) is 26.7 Å². The van der Waals surface area contributed by atoms with Crippen molar-refractivity contribution in [2.75, 3.05) is 6.54 Å². The minimum absolute atomic E-state index is 0.0591. The Kier molecular flexibility index (Phi) is 8.31. The Balaban J connectivity index is 1.78. The first kappa shape index (κ1) is 25.3. The number of rotatable bonds is 9. The molecular formula is C26H29NO6S. The van der Waals surface area contributed by atoms with Gasteiger partial charge >= 0.3 is 16.2 Å². The van der Waals surface area contributed by atoms with Gasteiger partial charge in [0.15, 0.2) is 0 Å². The van der Waals surface area contributed by atoms with Crippen molar-refractivity contribution in [3.8, 4) is 5.75 Å². The second-order valence-corrected chi connectivity index (χ2v) is 10.1. The molecule has 1 N–H and O–H groups in total. The van der Waals surface area contributed by atoms with Crippen LogP contribution in [0.2, 0.25) is 0 Å². The molecule has 7 nitrogen and oxygen atoms in total. The summed E-state index contributed by atoms with van der Waals surface area (Å²) in [5.41, 5.74) is 0.973. The fourth-order valence-electron chi connectivity index (χ4n) is 3.06. The molecule has 0 aliphatic carbocycles. The van der Waals surface area contributed by atoms with Gasteiger partial charge in [-0.3, -0.25) is 0 Å². The number of hydrogen-bond acceptors (Lipinski definition) is 6. The number of benzene rings is 3. The molecule has 0 bridgehead atoms. The molecule has 0 aromatic heterocycles. The molecule has 1 atom stereocenters. The standard InChI is InChI=1S/C26H29NO6S/c1-26(2,3)32-25(28)27-18-24(31-19-20-11-6-4-7-12-20)21-13-10-14-22(17-21)33-34(29,30)23-15-8-5-9-16-23/h4-17,24H,18-19H2,1-3H3,(H,27,28). The SMILES string of the molecule is CC(C)(C)OC(=O)NCC(OCc1ccccc1)c1cccc(OS(=O)(=O)c2ccccc2)c1. The Morgan fingerprint density at radius 2 is 1.56 bits per heavy atom. The first-order valence-electron chi connectivity index (χ1n) is 10.8. The number of hydrogen-bond donors (Lipinski definition) is 1. The van der Waals surface area contributed by atoms with Crippen LogP contribution in [0.25, 0.3) is 0 Å². The van der Waals surface area contributed by atoms with Gasteiger partial charge in [0.1, 0.15) is 22.4 Å². The van der Waals surface area contributed by atoms with Crippen molar-refractivity contribution in [1.29, 1.82) is 0 Å². The lowest BCUT2D eigenvalue weighted by molar-refractivity contribution is 0.0273. The molecule has 0 saturated heterocycles. The maximum atomic E-state index is 12.6. The van der Waals surface area contributed by atoms with Gasteiger partial charge in [0.05, 0.1) is 13.2 Å². The predicted octanol–water partition coefficient (Wildman–Crippen LogP) is 5.24. The molecule has 0 spiro atoms. The van der Waals surface area contributed by atoms with E-state index in [1.165, 1.54) is 12.1 Å². The summed E-state index contributed by atoms with van der Waals surface area (Å²) in [5.74, 6) is 0.145. The maximum absolute atomic E-state index is 12.6. The number of amides is 1. The number of ether oxygens (including phenoxy) is 2. The first-order valence-corrected chi connectivity index (χ1v) is 12.3. The summed E-state index contributed by atoms with van der Waals surface area (Å²) in [4.78, 5) is 12.2. The average molecular weight is 484 g/mol. The van der Waals surface area contributed by atoms with Crippen molar-refractivity contribution >= 4 is 16.2 Å². The van der Waals surface area contributed by atoms with Crippen LogP contribution in [0.4, 0.5) is 4.79 Å². The van der Waals surface area contributed by atoms with E-state index in [1.807, 2.05) is 30.3 Å². The van der Waals surface area contributed by atoms with Crippen LogP contribution in [0.15, 0.2) is 89.8 Å². The van der Waals surface area contributed by atoms with Crippen LogP contribution >= 0.6 is 0 Å². The molecular weight excluding hydrogens is 454 g/mol. The van der Waals surface area contributed by atoms with Gasteiger partial charge in [-0.25, -0.2) is 4.79 Å². The number of nitrogens with one attached hydrogen (secondary N) is 1. The third-order valence-electron chi connectivity index (χ3n) is 4.59.